The lowest BCUT2D eigenvalue weighted by Gasteiger charge is -2.17. The zero-order valence-corrected chi connectivity index (χ0v) is 18.0. The van der Waals surface area contributed by atoms with Gasteiger partial charge < -0.3 is 26.4 Å². The number of carbonyl (C=O) groups is 3. The lowest BCUT2D eigenvalue weighted by atomic mass is 9.91. The van der Waals surface area contributed by atoms with E-state index in [1.165, 1.54) is 12.1 Å². The number of H-pyrrole nitrogens is 1. The van der Waals surface area contributed by atoms with Crippen molar-refractivity contribution >= 4 is 34.7 Å². The summed E-state index contributed by atoms with van der Waals surface area (Å²) in [6.07, 6.45) is -0.214. The first kappa shape index (κ1) is 24.4. The van der Waals surface area contributed by atoms with Gasteiger partial charge in [0, 0.05) is 17.9 Å². The summed E-state index contributed by atoms with van der Waals surface area (Å²) >= 11 is 0. The van der Waals surface area contributed by atoms with Gasteiger partial charge in [-0.3, -0.25) is 19.4 Å². The average molecular weight is 468 g/mol. The second-order valence-electron chi connectivity index (χ2n) is 7.80. The molecule has 11 nitrogen and oxygen atoms in total. The van der Waals surface area contributed by atoms with Crippen LogP contribution in [0.1, 0.15) is 40.2 Å². The predicted octanol–water partition coefficient (Wildman–Crippen LogP) is 0.872. The SMILES string of the molecule is Nc1nc2ccc(CC(CO)c3ccc(C(=O)NC(CCC(=O)O)C(=O)O)cc3)cc2c(=O)[nH]1. The maximum absolute atomic E-state index is 12.4. The number of nitrogen functional groups attached to an aromatic ring is 1. The van der Waals surface area contributed by atoms with Crippen LogP contribution in [0.25, 0.3) is 10.9 Å². The maximum atomic E-state index is 12.4. The first-order valence-corrected chi connectivity index (χ1v) is 10.4. The van der Waals surface area contributed by atoms with E-state index in [1.807, 2.05) is 0 Å². The molecule has 178 valence electrons. The van der Waals surface area contributed by atoms with Crippen LogP contribution in [-0.4, -0.2) is 55.8 Å². The number of carbonyl (C=O) groups excluding carboxylic acids is 1. The van der Waals surface area contributed by atoms with Gasteiger partial charge in [0.1, 0.15) is 6.04 Å². The molecule has 1 aromatic heterocycles. The monoisotopic (exact) mass is 468 g/mol. The van der Waals surface area contributed by atoms with Crippen LogP contribution in [0.2, 0.25) is 0 Å². The highest BCUT2D eigenvalue weighted by molar-refractivity contribution is 5.96. The molecule has 1 amide bonds. The van der Waals surface area contributed by atoms with E-state index in [0.717, 1.165) is 11.1 Å². The minimum atomic E-state index is -1.32. The van der Waals surface area contributed by atoms with E-state index in [-0.39, 0.29) is 36.0 Å². The van der Waals surface area contributed by atoms with E-state index in [2.05, 4.69) is 15.3 Å². The van der Waals surface area contributed by atoms with Crippen LogP contribution in [0.15, 0.2) is 47.3 Å². The average Bonchev–Trinajstić information content (AvgIpc) is 2.80. The van der Waals surface area contributed by atoms with Crippen molar-refractivity contribution in [2.24, 2.45) is 0 Å². The van der Waals surface area contributed by atoms with Crippen LogP contribution in [-0.2, 0) is 16.0 Å². The predicted molar refractivity (Wildman–Crippen MR) is 123 cm³/mol. The molecule has 0 aliphatic carbocycles. The molecule has 3 rings (SSSR count). The molecule has 0 aliphatic rings. The van der Waals surface area contributed by atoms with Gasteiger partial charge in [-0.05, 0) is 48.2 Å². The largest absolute Gasteiger partial charge is 0.481 e. The Morgan fingerprint density at radius 2 is 1.79 bits per heavy atom. The number of aliphatic hydroxyl groups is 1. The smallest absolute Gasteiger partial charge is 0.326 e. The Morgan fingerprint density at radius 1 is 1.09 bits per heavy atom. The van der Waals surface area contributed by atoms with Crippen molar-refractivity contribution in [2.45, 2.75) is 31.2 Å². The van der Waals surface area contributed by atoms with Gasteiger partial charge in [-0.2, -0.15) is 0 Å². The summed E-state index contributed by atoms with van der Waals surface area (Å²) in [5.41, 5.74) is 7.40. The van der Waals surface area contributed by atoms with E-state index in [4.69, 9.17) is 10.8 Å². The van der Waals surface area contributed by atoms with Gasteiger partial charge in [-0.25, -0.2) is 9.78 Å². The number of rotatable bonds is 10. The molecule has 11 heteroatoms. The molecule has 2 atom stereocenters. The highest BCUT2D eigenvalue weighted by atomic mass is 16.4. The van der Waals surface area contributed by atoms with Crippen molar-refractivity contribution in [1.82, 2.24) is 15.3 Å². The Balaban J connectivity index is 1.72. The summed E-state index contributed by atoms with van der Waals surface area (Å²) < 4.78 is 0. The maximum Gasteiger partial charge on any atom is 0.326 e. The van der Waals surface area contributed by atoms with Crippen molar-refractivity contribution in [2.75, 3.05) is 12.3 Å². The molecule has 0 aliphatic heterocycles. The van der Waals surface area contributed by atoms with Crippen molar-refractivity contribution in [3.8, 4) is 0 Å². The summed E-state index contributed by atoms with van der Waals surface area (Å²) in [6, 6.07) is 10.1. The number of amides is 1. The number of aromatic nitrogens is 2. The van der Waals surface area contributed by atoms with Crippen molar-refractivity contribution in [1.29, 1.82) is 0 Å². The fourth-order valence-corrected chi connectivity index (χ4v) is 3.58. The highest BCUT2D eigenvalue weighted by Gasteiger charge is 2.22. The molecule has 0 radical (unpaired) electrons. The number of carboxylic acid groups (broad SMARTS) is 2. The number of nitrogens with two attached hydrogens (primary N) is 1. The minimum Gasteiger partial charge on any atom is -0.481 e. The minimum absolute atomic E-state index is 0.0270. The summed E-state index contributed by atoms with van der Waals surface area (Å²) in [7, 11) is 0. The molecule has 2 aromatic carbocycles. The summed E-state index contributed by atoms with van der Waals surface area (Å²) in [4.78, 5) is 53.1. The van der Waals surface area contributed by atoms with Gasteiger partial charge in [-0.15, -0.1) is 0 Å². The van der Waals surface area contributed by atoms with E-state index < -0.39 is 30.3 Å². The Morgan fingerprint density at radius 3 is 2.41 bits per heavy atom. The van der Waals surface area contributed by atoms with Crippen LogP contribution >= 0.6 is 0 Å². The molecule has 0 fully saturated rings. The van der Waals surface area contributed by atoms with Crippen LogP contribution < -0.4 is 16.6 Å². The third kappa shape index (κ3) is 5.95. The molecule has 7 N–H and O–H groups in total. The van der Waals surface area contributed by atoms with Gasteiger partial charge in [0.2, 0.25) is 5.95 Å². The summed E-state index contributed by atoms with van der Waals surface area (Å²) in [5.74, 6) is -3.42. The lowest BCUT2D eigenvalue weighted by molar-refractivity contribution is -0.140. The molecule has 0 bridgehead atoms. The fourth-order valence-electron chi connectivity index (χ4n) is 3.58. The molecule has 0 saturated carbocycles. The van der Waals surface area contributed by atoms with Gasteiger partial charge in [0.25, 0.3) is 11.5 Å². The first-order valence-electron chi connectivity index (χ1n) is 10.4. The Bertz CT molecular complexity index is 1270. The number of hydrogen-bond acceptors (Lipinski definition) is 7. The zero-order valence-electron chi connectivity index (χ0n) is 18.0. The molecule has 2 unspecified atom stereocenters. The number of aliphatic hydroxyl groups excluding tert-OH is 1. The quantitative estimate of drug-likeness (QED) is 0.250. The normalized spacial score (nSPS) is 12.7. The Labute approximate surface area is 193 Å². The molecule has 0 saturated heterocycles. The second-order valence-corrected chi connectivity index (χ2v) is 7.80. The third-order valence-electron chi connectivity index (χ3n) is 5.39. The van der Waals surface area contributed by atoms with E-state index in [9.17, 15) is 29.4 Å². The second kappa shape index (κ2) is 10.6. The van der Waals surface area contributed by atoms with Crippen LogP contribution in [0.5, 0.6) is 0 Å². The number of fused-ring (bicyclic) bond motifs is 1. The highest BCUT2D eigenvalue weighted by Crippen LogP contribution is 2.23. The van der Waals surface area contributed by atoms with Crippen LogP contribution in [0.3, 0.4) is 0 Å². The van der Waals surface area contributed by atoms with Gasteiger partial charge in [0.15, 0.2) is 0 Å². The van der Waals surface area contributed by atoms with Crippen LogP contribution in [0.4, 0.5) is 5.95 Å². The number of hydrogen-bond donors (Lipinski definition) is 6. The summed E-state index contributed by atoms with van der Waals surface area (Å²) in [5, 5.41) is 30.6. The Kier molecular flexibility index (Phi) is 7.59. The third-order valence-corrected chi connectivity index (χ3v) is 5.39. The molecular formula is C23H24N4O7. The zero-order chi connectivity index (χ0) is 24.8. The number of aliphatic carboxylic acids is 2. The number of nitrogens with zero attached hydrogens (tertiary/aromatic N) is 1. The number of carboxylic acids is 2. The topological polar surface area (TPSA) is 196 Å². The molecule has 0 spiro atoms. The summed E-state index contributed by atoms with van der Waals surface area (Å²) in [6.45, 7) is -0.184. The van der Waals surface area contributed by atoms with Crippen molar-refractivity contribution in [3.05, 3.63) is 69.5 Å². The molecular weight excluding hydrogens is 444 g/mol. The van der Waals surface area contributed by atoms with E-state index in [1.54, 1.807) is 30.3 Å². The van der Waals surface area contributed by atoms with E-state index in [0.29, 0.717) is 17.3 Å². The van der Waals surface area contributed by atoms with Gasteiger partial charge >= 0.3 is 11.9 Å². The fraction of sp³-hybridized carbons (Fsp3) is 0.261. The van der Waals surface area contributed by atoms with Crippen LogP contribution in [0, 0.1) is 0 Å². The first-order chi connectivity index (χ1) is 16.2. The molecule has 34 heavy (non-hydrogen) atoms. The van der Waals surface area contributed by atoms with Crippen molar-refractivity contribution in [3.63, 3.8) is 0 Å². The molecule has 1 heterocycles. The standard InChI is InChI=1S/C23H24N4O7/c24-23-26-17-6-1-12(10-16(17)21(32)27-23)9-15(11-28)13-2-4-14(5-3-13)20(31)25-18(22(33)34)7-8-19(29)30/h1-6,10,15,18,28H,7-9,11H2,(H,25,31)(H,29,30)(H,33,34)(H3,24,26,27,32). The van der Waals surface area contributed by atoms with E-state index >= 15 is 0 Å². The number of nitrogens with one attached hydrogen (secondary N) is 2. The lowest BCUT2D eigenvalue weighted by Crippen LogP contribution is -2.41. The Hall–Kier alpha value is -4.25. The number of anilines is 1. The number of aromatic amines is 1. The number of benzene rings is 2. The van der Waals surface area contributed by atoms with Gasteiger partial charge in [0.05, 0.1) is 17.5 Å². The van der Waals surface area contributed by atoms with Crippen molar-refractivity contribution < 1.29 is 29.7 Å². The molecule has 3 aromatic rings. The van der Waals surface area contributed by atoms with Gasteiger partial charge in [-0.1, -0.05) is 18.2 Å².